The first-order valence-electron chi connectivity index (χ1n) is 10.8. The molecule has 3 saturated heterocycles. The van der Waals surface area contributed by atoms with Crippen molar-refractivity contribution in [2.24, 2.45) is 5.92 Å². The summed E-state index contributed by atoms with van der Waals surface area (Å²) in [5, 5.41) is 6.03. The Labute approximate surface area is 170 Å². The first-order valence-corrected chi connectivity index (χ1v) is 10.8. The zero-order chi connectivity index (χ0) is 20.0. The molecule has 154 valence electrons. The molecule has 0 aliphatic carbocycles. The maximum absolute atomic E-state index is 13.2. The van der Waals surface area contributed by atoms with E-state index in [4.69, 9.17) is 0 Å². The minimum Gasteiger partial charge on any atom is -0.322 e. The molecular formula is C22H28N4O3. The van der Waals surface area contributed by atoms with Crippen molar-refractivity contribution in [2.45, 2.75) is 57.3 Å². The van der Waals surface area contributed by atoms with Crippen LogP contribution < -0.4 is 10.6 Å². The van der Waals surface area contributed by atoms with E-state index in [0.29, 0.717) is 24.9 Å². The van der Waals surface area contributed by atoms with Gasteiger partial charge in [-0.25, -0.2) is 0 Å². The highest BCUT2D eigenvalue weighted by Crippen LogP contribution is 2.32. The maximum Gasteiger partial charge on any atom is 0.255 e. The predicted octanol–water partition coefficient (Wildman–Crippen LogP) is 1.02. The van der Waals surface area contributed by atoms with Gasteiger partial charge in [-0.15, -0.1) is 0 Å². The molecule has 0 radical (unpaired) electrons. The van der Waals surface area contributed by atoms with E-state index in [-0.39, 0.29) is 24.1 Å². The second kappa shape index (κ2) is 7.54. The molecule has 4 aliphatic heterocycles. The number of piperidine rings is 3. The van der Waals surface area contributed by atoms with Crippen LogP contribution in [0.25, 0.3) is 0 Å². The second-order valence-corrected chi connectivity index (χ2v) is 8.84. The number of amides is 3. The summed E-state index contributed by atoms with van der Waals surface area (Å²) < 4.78 is 0. The lowest BCUT2D eigenvalue weighted by Gasteiger charge is -2.42. The molecule has 7 heteroatoms. The number of nitrogens with one attached hydrogen (secondary N) is 2. The van der Waals surface area contributed by atoms with Gasteiger partial charge >= 0.3 is 0 Å². The van der Waals surface area contributed by atoms with Crippen LogP contribution in [0, 0.1) is 5.92 Å². The topological polar surface area (TPSA) is 81.8 Å². The first kappa shape index (κ1) is 18.8. The number of hydrogen-bond acceptors (Lipinski definition) is 5. The lowest BCUT2D eigenvalue weighted by Crippen LogP contribution is -2.52. The van der Waals surface area contributed by atoms with Gasteiger partial charge < -0.3 is 10.2 Å². The number of fused-ring (bicyclic) bond motifs is 2. The first-order chi connectivity index (χ1) is 14.1. The summed E-state index contributed by atoms with van der Waals surface area (Å²) in [6.07, 6.45) is 4.38. The van der Waals surface area contributed by atoms with Crippen LogP contribution >= 0.6 is 0 Å². The van der Waals surface area contributed by atoms with Crippen molar-refractivity contribution in [3.63, 3.8) is 0 Å². The minimum atomic E-state index is -0.551. The fourth-order valence-electron chi connectivity index (χ4n) is 5.53. The molecule has 0 aromatic heterocycles. The molecule has 1 unspecified atom stereocenters. The molecule has 4 aliphatic rings. The van der Waals surface area contributed by atoms with Gasteiger partial charge in [0.15, 0.2) is 0 Å². The number of rotatable bonds is 3. The van der Waals surface area contributed by atoms with Gasteiger partial charge in [0.2, 0.25) is 11.8 Å². The van der Waals surface area contributed by atoms with Crippen LogP contribution in [-0.2, 0) is 22.7 Å². The van der Waals surface area contributed by atoms with Gasteiger partial charge in [-0.05, 0) is 55.8 Å². The Bertz CT molecular complexity index is 854. The SMILES string of the molecule is O=C1CCC(N2Cc3cccc(CN4CC[C@@H]5NCCC[C@@H]5C4)c3C2=O)C(=O)N1. The number of carbonyl (C=O) groups is 3. The van der Waals surface area contributed by atoms with Gasteiger partial charge in [-0.1, -0.05) is 18.2 Å². The van der Waals surface area contributed by atoms with Crippen molar-refractivity contribution in [2.75, 3.05) is 19.6 Å². The second-order valence-electron chi connectivity index (χ2n) is 8.84. The maximum atomic E-state index is 13.2. The Balaban J connectivity index is 1.32. The summed E-state index contributed by atoms with van der Waals surface area (Å²) in [4.78, 5) is 41.1. The number of imide groups is 1. The van der Waals surface area contributed by atoms with Crippen molar-refractivity contribution >= 4 is 17.7 Å². The minimum absolute atomic E-state index is 0.0701. The van der Waals surface area contributed by atoms with E-state index in [1.54, 1.807) is 4.90 Å². The highest BCUT2D eigenvalue weighted by Gasteiger charge is 2.40. The molecule has 0 bridgehead atoms. The summed E-state index contributed by atoms with van der Waals surface area (Å²) in [6.45, 7) is 4.48. The number of likely N-dealkylation sites (tertiary alicyclic amines) is 1. The van der Waals surface area contributed by atoms with Gasteiger partial charge in [-0.3, -0.25) is 24.6 Å². The van der Waals surface area contributed by atoms with Crippen molar-refractivity contribution in [3.05, 3.63) is 34.9 Å². The third-order valence-corrected chi connectivity index (χ3v) is 7.01. The molecule has 0 saturated carbocycles. The average molecular weight is 396 g/mol. The van der Waals surface area contributed by atoms with Gasteiger partial charge in [-0.2, -0.15) is 0 Å². The van der Waals surface area contributed by atoms with Gasteiger partial charge in [0.05, 0.1) is 0 Å². The van der Waals surface area contributed by atoms with Crippen LogP contribution in [0.15, 0.2) is 18.2 Å². The number of carbonyl (C=O) groups excluding carboxylic acids is 3. The molecule has 3 amide bonds. The van der Waals surface area contributed by atoms with E-state index in [1.165, 1.54) is 12.8 Å². The lowest BCUT2D eigenvalue weighted by molar-refractivity contribution is -0.136. The quantitative estimate of drug-likeness (QED) is 0.746. The molecule has 7 nitrogen and oxygen atoms in total. The van der Waals surface area contributed by atoms with Gasteiger partial charge in [0.1, 0.15) is 6.04 Å². The third-order valence-electron chi connectivity index (χ3n) is 7.01. The average Bonchev–Trinajstić information content (AvgIpc) is 3.05. The van der Waals surface area contributed by atoms with E-state index < -0.39 is 6.04 Å². The molecule has 4 heterocycles. The Kier molecular flexibility index (Phi) is 4.87. The van der Waals surface area contributed by atoms with E-state index in [0.717, 1.165) is 49.3 Å². The molecule has 2 N–H and O–H groups in total. The van der Waals surface area contributed by atoms with Crippen LogP contribution in [0.3, 0.4) is 0 Å². The summed E-state index contributed by atoms with van der Waals surface area (Å²) in [6, 6.07) is 6.15. The van der Waals surface area contributed by atoms with Crippen LogP contribution in [0.1, 0.15) is 53.6 Å². The Hall–Kier alpha value is -2.25. The lowest BCUT2D eigenvalue weighted by atomic mass is 9.85. The third kappa shape index (κ3) is 3.46. The molecule has 1 aromatic carbocycles. The Morgan fingerprint density at radius 2 is 2.00 bits per heavy atom. The number of benzene rings is 1. The molecule has 1 aromatic rings. The zero-order valence-electron chi connectivity index (χ0n) is 16.7. The van der Waals surface area contributed by atoms with Crippen LogP contribution in [0.5, 0.6) is 0 Å². The summed E-state index contributed by atoms with van der Waals surface area (Å²) in [7, 11) is 0. The highest BCUT2D eigenvalue weighted by atomic mass is 16.2. The molecule has 29 heavy (non-hydrogen) atoms. The molecule has 5 rings (SSSR count). The van der Waals surface area contributed by atoms with Gasteiger partial charge in [0.25, 0.3) is 5.91 Å². The van der Waals surface area contributed by atoms with Crippen LogP contribution in [0.4, 0.5) is 0 Å². The summed E-state index contributed by atoms with van der Waals surface area (Å²) in [5.41, 5.74) is 2.82. The largest absolute Gasteiger partial charge is 0.322 e. The fraction of sp³-hybridized carbons (Fsp3) is 0.591. The Morgan fingerprint density at radius 3 is 2.86 bits per heavy atom. The standard InChI is InChI=1S/C22H28N4O3/c27-19-7-6-18(21(28)24-19)26-13-16-4-1-3-15(20(16)22(26)29)12-25-10-8-17-14(11-25)5-2-9-23-17/h1,3-4,14,17-18,23H,2,5-13H2,(H,24,27,28)/t14-,17+,18?/m1/s1. The molecular weight excluding hydrogens is 368 g/mol. The molecule has 3 fully saturated rings. The summed E-state index contributed by atoms with van der Waals surface area (Å²) in [5.74, 6) is 0.0248. The van der Waals surface area contributed by atoms with E-state index in [9.17, 15) is 14.4 Å². The predicted molar refractivity (Wildman–Crippen MR) is 107 cm³/mol. The van der Waals surface area contributed by atoms with Crippen molar-refractivity contribution < 1.29 is 14.4 Å². The molecule has 0 spiro atoms. The van der Waals surface area contributed by atoms with Gasteiger partial charge in [0, 0.05) is 37.7 Å². The van der Waals surface area contributed by atoms with Crippen molar-refractivity contribution in [3.8, 4) is 0 Å². The summed E-state index contributed by atoms with van der Waals surface area (Å²) >= 11 is 0. The van der Waals surface area contributed by atoms with E-state index in [2.05, 4.69) is 21.6 Å². The zero-order valence-corrected chi connectivity index (χ0v) is 16.7. The van der Waals surface area contributed by atoms with Crippen LogP contribution in [0.2, 0.25) is 0 Å². The van der Waals surface area contributed by atoms with Crippen LogP contribution in [-0.4, -0.2) is 59.2 Å². The number of hydrogen-bond donors (Lipinski definition) is 2. The van der Waals surface area contributed by atoms with Crippen molar-refractivity contribution in [1.29, 1.82) is 0 Å². The highest BCUT2D eigenvalue weighted by molar-refractivity contribution is 6.05. The van der Waals surface area contributed by atoms with E-state index in [1.807, 2.05) is 12.1 Å². The normalized spacial score (nSPS) is 30.1. The Morgan fingerprint density at radius 1 is 1.10 bits per heavy atom. The monoisotopic (exact) mass is 396 g/mol. The number of nitrogens with zero attached hydrogens (tertiary/aromatic N) is 2. The van der Waals surface area contributed by atoms with Crippen molar-refractivity contribution in [1.82, 2.24) is 20.4 Å². The fourth-order valence-corrected chi connectivity index (χ4v) is 5.53. The smallest absolute Gasteiger partial charge is 0.255 e. The molecule has 3 atom stereocenters. The van der Waals surface area contributed by atoms with E-state index >= 15 is 0 Å².